The molecular formula is C43H59N7O6. The monoisotopic (exact) mass is 769 g/mol. The van der Waals surface area contributed by atoms with Crippen molar-refractivity contribution in [2.24, 2.45) is 29.1 Å². The van der Waals surface area contributed by atoms with Gasteiger partial charge in [-0.25, -0.2) is 4.98 Å². The van der Waals surface area contributed by atoms with Gasteiger partial charge in [-0.2, -0.15) is 0 Å². The molecule has 1 aromatic carbocycles. The van der Waals surface area contributed by atoms with Crippen molar-refractivity contribution in [3.8, 4) is 0 Å². The van der Waals surface area contributed by atoms with Crippen molar-refractivity contribution >= 4 is 35.3 Å². The Balaban J connectivity index is 1.22. The molecule has 1 unspecified atom stereocenters. The van der Waals surface area contributed by atoms with Crippen LogP contribution in [0.3, 0.4) is 0 Å². The Bertz CT molecular complexity index is 1740. The van der Waals surface area contributed by atoms with Gasteiger partial charge in [0.2, 0.25) is 23.5 Å². The molecule has 4 aliphatic rings. The highest BCUT2D eigenvalue weighted by Crippen LogP contribution is 2.50. The van der Waals surface area contributed by atoms with Crippen LogP contribution in [-0.2, 0) is 24.0 Å². The van der Waals surface area contributed by atoms with Crippen LogP contribution in [0.25, 0.3) is 0 Å². The molecule has 13 nitrogen and oxygen atoms in total. The average Bonchev–Trinajstić information content (AvgIpc) is 3.78. The molecule has 2 aliphatic heterocycles. The highest BCUT2D eigenvalue weighted by molar-refractivity contribution is 6.38. The van der Waals surface area contributed by atoms with E-state index in [1.807, 2.05) is 65.0 Å². The molecule has 2 saturated carbocycles. The summed E-state index contributed by atoms with van der Waals surface area (Å²) in [6.45, 7) is 10.1. The molecule has 3 N–H and O–H groups in total. The van der Waals surface area contributed by atoms with Gasteiger partial charge >= 0.3 is 0 Å². The lowest BCUT2D eigenvalue weighted by atomic mass is 9.80. The van der Waals surface area contributed by atoms with Crippen molar-refractivity contribution in [2.45, 2.75) is 129 Å². The molecule has 0 radical (unpaired) electrons. The first-order valence-corrected chi connectivity index (χ1v) is 20.7. The SMILES string of the molecule is CCC[C@@H](C(=O)C(=O)N[C@@H](C)c1ccccc1)N1CC2CC[C@H]3CN(C(=O)[C@@H](NC(=O)[C@H](CC4CCCCC4)NC(=O)c4cnccn4)C(C)(C)C)[C@H](C1=O)[C@@H]23. The quantitative estimate of drug-likeness (QED) is 0.238. The largest absolute Gasteiger partial charge is 0.343 e. The highest BCUT2D eigenvalue weighted by Gasteiger charge is 2.60. The van der Waals surface area contributed by atoms with Gasteiger partial charge in [0.15, 0.2) is 0 Å². The molecule has 56 heavy (non-hydrogen) atoms. The van der Waals surface area contributed by atoms with Gasteiger partial charge in [-0.3, -0.25) is 33.8 Å². The maximum Gasteiger partial charge on any atom is 0.290 e. The number of carbonyl (C=O) groups excluding carboxylic acids is 6. The number of amides is 5. The zero-order valence-corrected chi connectivity index (χ0v) is 33.5. The predicted octanol–water partition coefficient (Wildman–Crippen LogP) is 4.39. The lowest BCUT2D eigenvalue weighted by Crippen LogP contribution is -2.65. The molecular weight excluding hydrogens is 711 g/mol. The summed E-state index contributed by atoms with van der Waals surface area (Å²) in [5, 5.41) is 8.76. The van der Waals surface area contributed by atoms with Gasteiger partial charge in [0.05, 0.1) is 12.2 Å². The van der Waals surface area contributed by atoms with Crippen LogP contribution in [-0.4, -0.2) is 92.3 Å². The maximum atomic E-state index is 14.9. The van der Waals surface area contributed by atoms with E-state index in [9.17, 15) is 28.8 Å². The lowest BCUT2D eigenvalue weighted by molar-refractivity contribution is -0.157. The van der Waals surface area contributed by atoms with Gasteiger partial charge in [0.25, 0.3) is 11.8 Å². The number of benzene rings is 1. The highest BCUT2D eigenvalue weighted by atomic mass is 16.2. The summed E-state index contributed by atoms with van der Waals surface area (Å²) >= 11 is 0. The first kappa shape index (κ1) is 41.0. The Kier molecular flexibility index (Phi) is 12.9. The van der Waals surface area contributed by atoms with E-state index in [1.54, 1.807) is 9.80 Å². The third-order valence-electron chi connectivity index (χ3n) is 12.6. The number of hydrogen-bond acceptors (Lipinski definition) is 8. The van der Waals surface area contributed by atoms with Crippen molar-refractivity contribution in [2.75, 3.05) is 13.1 Å². The van der Waals surface area contributed by atoms with Crippen LogP contribution in [0.1, 0.15) is 121 Å². The molecule has 302 valence electrons. The molecule has 0 spiro atoms. The van der Waals surface area contributed by atoms with E-state index in [2.05, 4.69) is 25.9 Å². The van der Waals surface area contributed by atoms with Crippen molar-refractivity contribution in [3.05, 3.63) is 60.2 Å². The number of likely N-dealkylation sites (tertiary alicyclic amines) is 2. The average molecular weight is 770 g/mol. The Hall–Kier alpha value is -4.68. The molecule has 4 fully saturated rings. The second kappa shape index (κ2) is 17.6. The van der Waals surface area contributed by atoms with Crippen LogP contribution in [0.5, 0.6) is 0 Å². The third kappa shape index (κ3) is 8.97. The van der Waals surface area contributed by atoms with Crippen LogP contribution >= 0.6 is 0 Å². The van der Waals surface area contributed by atoms with Gasteiger partial charge in [-0.1, -0.05) is 96.6 Å². The molecule has 13 heteroatoms. The fraction of sp³-hybridized carbons (Fsp3) is 0.628. The topological polar surface area (TPSA) is 171 Å². The molecule has 2 saturated heterocycles. The van der Waals surface area contributed by atoms with E-state index in [-0.39, 0.29) is 41.2 Å². The first-order valence-electron chi connectivity index (χ1n) is 20.7. The minimum atomic E-state index is -1.00. The zero-order valence-electron chi connectivity index (χ0n) is 33.5. The molecule has 1 aromatic heterocycles. The molecule has 2 aliphatic carbocycles. The number of ketones is 1. The van der Waals surface area contributed by atoms with Crippen LogP contribution in [0, 0.1) is 29.1 Å². The van der Waals surface area contributed by atoms with E-state index in [0.717, 1.165) is 50.5 Å². The summed E-state index contributed by atoms with van der Waals surface area (Å²) in [6, 6.07) is 5.33. The molecule has 0 bridgehead atoms. The Labute approximate surface area is 330 Å². The molecule has 2 aromatic rings. The fourth-order valence-electron chi connectivity index (χ4n) is 9.67. The predicted molar refractivity (Wildman–Crippen MR) is 209 cm³/mol. The van der Waals surface area contributed by atoms with E-state index >= 15 is 0 Å². The van der Waals surface area contributed by atoms with E-state index in [1.165, 1.54) is 18.6 Å². The second-order valence-corrected chi connectivity index (χ2v) is 17.5. The maximum absolute atomic E-state index is 14.9. The normalized spacial score (nSPS) is 24.4. The third-order valence-corrected chi connectivity index (χ3v) is 12.6. The molecule has 3 heterocycles. The summed E-state index contributed by atoms with van der Waals surface area (Å²) in [4.78, 5) is 95.8. The summed E-state index contributed by atoms with van der Waals surface area (Å²) in [7, 11) is 0. The number of Topliss-reactive ketones (excluding diaryl/α,β-unsaturated/α-hetero) is 1. The first-order chi connectivity index (χ1) is 26.8. The van der Waals surface area contributed by atoms with Gasteiger partial charge in [-0.15, -0.1) is 0 Å². The minimum absolute atomic E-state index is 0.0614. The van der Waals surface area contributed by atoms with Crippen molar-refractivity contribution in [1.82, 2.24) is 35.7 Å². The van der Waals surface area contributed by atoms with Gasteiger partial charge < -0.3 is 25.8 Å². The Morgan fingerprint density at radius 3 is 2.23 bits per heavy atom. The summed E-state index contributed by atoms with van der Waals surface area (Å²) < 4.78 is 0. The molecule has 8 atom stereocenters. The van der Waals surface area contributed by atoms with Crippen LogP contribution in [0.4, 0.5) is 0 Å². The van der Waals surface area contributed by atoms with Crippen molar-refractivity contribution < 1.29 is 28.8 Å². The zero-order chi connectivity index (χ0) is 40.1. The summed E-state index contributed by atoms with van der Waals surface area (Å²) in [6.07, 6.45) is 12.5. The number of carbonyl (C=O) groups is 6. The van der Waals surface area contributed by atoms with Gasteiger partial charge in [-0.05, 0) is 67.3 Å². The number of hydrogen-bond donors (Lipinski definition) is 3. The smallest absolute Gasteiger partial charge is 0.290 e. The summed E-state index contributed by atoms with van der Waals surface area (Å²) in [5.41, 5.74) is 0.210. The number of piperidine rings is 1. The summed E-state index contributed by atoms with van der Waals surface area (Å²) in [5.74, 6) is -2.65. The van der Waals surface area contributed by atoms with Crippen molar-refractivity contribution in [3.63, 3.8) is 0 Å². The molecule has 6 rings (SSSR count). The number of nitrogens with one attached hydrogen (secondary N) is 3. The van der Waals surface area contributed by atoms with E-state index in [0.29, 0.717) is 32.4 Å². The van der Waals surface area contributed by atoms with Crippen LogP contribution in [0.15, 0.2) is 48.9 Å². The van der Waals surface area contributed by atoms with Crippen LogP contribution < -0.4 is 16.0 Å². The van der Waals surface area contributed by atoms with Gasteiger partial charge in [0, 0.05) is 25.5 Å². The standard InChI is InChI=1S/C43H59N7O6/c1-6-13-33(36(51)40(54)46-26(2)28-16-11-8-12-17-28)49-24-29-18-19-30-25-50(35(34(29)30)41(49)55)42(56)37(43(3,4)5)48-38(52)31(22-27-14-9-7-10-15-27)47-39(53)32-23-44-20-21-45-32/h8,11-12,16-17,20-21,23,26-27,29-31,33-35,37H,6-7,9-10,13-15,18-19,22,24-25H2,1-5H3,(H,46,54)(H,47,53)(H,48,52)/t26-,29?,30-,31-,33-,34-,35-,37+/m0/s1. The lowest BCUT2D eigenvalue weighted by Gasteiger charge is -2.45. The molecule has 5 amide bonds. The Morgan fingerprint density at radius 2 is 1.59 bits per heavy atom. The number of rotatable bonds is 14. The number of aromatic nitrogens is 2. The minimum Gasteiger partial charge on any atom is -0.343 e. The second-order valence-electron chi connectivity index (χ2n) is 17.5. The fourth-order valence-corrected chi connectivity index (χ4v) is 9.67. The van der Waals surface area contributed by atoms with Crippen molar-refractivity contribution in [1.29, 1.82) is 0 Å². The van der Waals surface area contributed by atoms with Crippen LogP contribution in [0.2, 0.25) is 0 Å². The van der Waals surface area contributed by atoms with E-state index in [4.69, 9.17) is 0 Å². The number of nitrogens with zero attached hydrogens (tertiary/aromatic N) is 4. The van der Waals surface area contributed by atoms with Gasteiger partial charge in [0.1, 0.15) is 29.9 Å². The Morgan fingerprint density at radius 1 is 0.893 bits per heavy atom. The van der Waals surface area contributed by atoms with E-state index < -0.39 is 59.1 Å².